The predicted octanol–water partition coefficient (Wildman–Crippen LogP) is 1.98. The smallest absolute Gasteiger partial charge is 0.257 e. The van der Waals surface area contributed by atoms with E-state index in [1.807, 2.05) is 13.0 Å². The monoisotopic (exact) mass is 366 g/mol. The van der Waals surface area contributed by atoms with E-state index in [-0.39, 0.29) is 16.9 Å². The molecule has 0 spiro atoms. The van der Waals surface area contributed by atoms with Gasteiger partial charge in [-0.3, -0.25) is 9.58 Å². The summed E-state index contributed by atoms with van der Waals surface area (Å²) in [5.74, 6) is -0.196. The Morgan fingerprint density at radius 3 is 2.64 bits per heavy atom. The van der Waals surface area contributed by atoms with E-state index in [1.54, 1.807) is 12.1 Å². The van der Waals surface area contributed by atoms with Gasteiger partial charge in [0, 0.05) is 37.8 Å². The number of likely N-dealkylation sites (tertiary alicyclic amines) is 1. The van der Waals surface area contributed by atoms with E-state index in [9.17, 15) is 12.8 Å². The van der Waals surface area contributed by atoms with Crippen LogP contribution in [0.15, 0.2) is 41.6 Å². The summed E-state index contributed by atoms with van der Waals surface area (Å²) < 4.78 is 43.0. The van der Waals surface area contributed by atoms with Gasteiger partial charge in [-0.2, -0.15) is 5.10 Å². The van der Waals surface area contributed by atoms with Crippen LogP contribution in [-0.2, 0) is 23.1 Å². The molecule has 8 heteroatoms. The first kappa shape index (κ1) is 18.0. The number of nitrogens with one attached hydrogen (secondary N) is 1. The standard InChI is InChI=1S/C17H23FN4O2S/c1-2-22-17(7-10-19-22)25(23,24)20-15-8-11-21(12-9-15)13-14-5-3-4-6-16(14)18/h3-7,10,15,20H,2,8-9,11-13H2,1H3. The second kappa shape index (κ2) is 7.63. The summed E-state index contributed by atoms with van der Waals surface area (Å²) in [5, 5.41) is 4.21. The van der Waals surface area contributed by atoms with Crippen molar-refractivity contribution in [3.63, 3.8) is 0 Å². The van der Waals surface area contributed by atoms with Crippen LogP contribution in [0.2, 0.25) is 0 Å². The fraction of sp³-hybridized carbons (Fsp3) is 0.471. The predicted molar refractivity (Wildman–Crippen MR) is 92.9 cm³/mol. The Labute approximate surface area is 147 Å². The molecule has 1 aliphatic rings. The van der Waals surface area contributed by atoms with Gasteiger partial charge in [0.2, 0.25) is 0 Å². The Bertz CT molecular complexity index is 814. The number of halogens is 1. The van der Waals surface area contributed by atoms with Gasteiger partial charge in [0.1, 0.15) is 5.82 Å². The fourth-order valence-electron chi connectivity index (χ4n) is 3.14. The van der Waals surface area contributed by atoms with Gasteiger partial charge >= 0.3 is 0 Å². The second-order valence-electron chi connectivity index (χ2n) is 6.25. The molecule has 0 bridgehead atoms. The number of aromatic nitrogens is 2. The Morgan fingerprint density at radius 1 is 1.24 bits per heavy atom. The minimum Gasteiger partial charge on any atom is -0.299 e. The maximum Gasteiger partial charge on any atom is 0.257 e. The van der Waals surface area contributed by atoms with Crippen molar-refractivity contribution in [3.8, 4) is 0 Å². The molecule has 25 heavy (non-hydrogen) atoms. The molecule has 2 aromatic rings. The Balaban J connectivity index is 1.57. The number of sulfonamides is 1. The molecule has 0 saturated carbocycles. The number of hydrogen-bond acceptors (Lipinski definition) is 4. The van der Waals surface area contributed by atoms with Crippen LogP contribution >= 0.6 is 0 Å². The van der Waals surface area contributed by atoms with Gasteiger partial charge in [0.15, 0.2) is 5.03 Å². The summed E-state index contributed by atoms with van der Waals surface area (Å²) in [5.41, 5.74) is 0.674. The van der Waals surface area contributed by atoms with Crippen LogP contribution in [0.3, 0.4) is 0 Å². The summed E-state index contributed by atoms with van der Waals surface area (Å²) in [6, 6.07) is 8.17. The molecular formula is C17H23FN4O2S. The molecule has 1 aliphatic heterocycles. The molecule has 1 aromatic heterocycles. The van der Waals surface area contributed by atoms with Crippen molar-refractivity contribution < 1.29 is 12.8 Å². The van der Waals surface area contributed by atoms with Crippen LogP contribution in [0.5, 0.6) is 0 Å². The average Bonchev–Trinajstić information content (AvgIpc) is 3.08. The first-order valence-electron chi connectivity index (χ1n) is 8.49. The molecule has 136 valence electrons. The van der Waals surface area contributed by atoms with Crippen molar-refractivity contribution in [2.45, 2.75) is 43.9 Å². The van der Waals surface area contributed by atoms with Crippen molar-refractivity contribution >= 4 is 10.0 Å². The molecule has 1 N–H and O–H groups in total. The molecule has 1 aromatic carbocycles. The third kappa shape index (κ3) is 4.26. The lowest BCUT2D eigenvalue weighted by Gasteiger charge is -2.32. The summed E-state index contributed by atoms with van der Waals surface area (Å²) in [7, 11) is -3.57. The molecule has 0 atom stereocenters. The van der Waals surface area contributed by atoms with Crippen LogP contribution in [0, 0.1) is 5.82 Å². The van der Waals surface area contributed by atoms with E-state index in [1.165, 1.54) is 23.0 Å². The molecular weight excluding hydrogens is 343 g/mol. The molecule has 0 amide bonds. The SMILES string of the molecule is CCn1nccc1S(=O)(=O)NC1CCN(Cc2ccccc2F)CC1. The van der Waals surface area contributed by atoms with Crippen molar-refractivity contribution in [2.24, 2.45) is 0 Å². The van der Waals surface area contributed by atoms with Crippen molar-refractivity contribution in [3.05, 3.63) is 47.9 Å². The van der Waals surface area contributed by atoms with Gasteiger partial charge in [-0.1, -0.05) is 18.2 Å². The van der Waals surface area contributed by atoms with Crippen LogP contribution in [-0.4, -0.2) is 42.2 Å². The van der Waals surface area contributed by atoms with Gasteiger partial charge < -0.3 is 0 Å². The first-order valence-corrected chi connectivity index (χ1v) is 9.98. The van der Waals surface area contributed by atoms with Crippen molar-refractivity contribution in [2.75, 3.05) is 13.1 Å². The Kier molecular flexibility index (Phi) is 5.51. The van der Waals surface area contributed by atoms with E-state index < -0.39 is 10.0 Å². The topological polar surface area (TPSA) is 67.2 Å². The van der Waals surface area contributed by atoms with E-state index in [0.29, 0.717) is 31.5 Å². The largest absolute Gasteiger partial charge is 0.299 e. The second-order valence-corrected chi connectivity index (χ2v) is 7.91. The van der Waals surface area contributed by atoms with Crippen molar-refractivity contribution in [1.29, 1.82) is 0 Å². The van der Waals surface area contributed by atoms with Gasteiger partial charge in [0.25, 0.3) is 10.0 Å². The van der Waals surface area contributed by atoms with E-state index in [2.05, 4.69) is 14.7 Å². The number of benzene rings is 1. The molecule has 1 saturated heterocycles. The van der Waals surface area contributed by atoms with E-state index >= 15 is 0 Å². The van der Waals surface area contributed by atoms with Crippen LogP contribution in [0.25, 0.3) is 0 Å². The third-order valence-corrected chi connectivity index (χ3v) is 6.05. The summed E-state index contributed by atoms with van der Waals surface area (Å²) >= 11 is 0. The Hall–Kier alpha value is -1.77. The quantitative estimate of drug-likeness (QED) is 0.849. The highest BCUT2D eigenvalue weighted by Gasteiger charge is 2.26. The summed E-state index contributed by atoms with van der Waals surface area (Å²) in [6.45, 7) is 4.37. The molecule has 3 rings (SSSR count). The minimum absolute atomic E-state index is 0.109. The number of aryl methyl sites for hydroxylation is 1. The zero-order valence-corrected chi connectivity index (χ0v) is 15.0. The van der Waals surface area contributed by atoms with Gasteiger partial charge in [-0.05, 0) is 31.9 Å². The molecule has 0 aliphatic carbocycles. The van der Waals surface area contributed by atoms with Crippen LogP contribution < -0.4 is 4.72 Å². The normalized spacial score (nSPS) is 17.0. The summed E-state index contributed by atoms with van der Waals surface area (Å²) in [4.78, 5) is 2.15. The molecule has 0 radical (unpaired) electrons. The highest BCUT2D eigenvalue weighted by molar-refractivity contribution is 7.89. The van der Waals surface area contributed by atoms with E-state index in [0.717, 1.165) is 13.1 Å². The zero-order chi connectivity index (χ0) is 17.9. The molecule has 6 nitrogen and oxygen atoms in total. The highest BCUT2D eigenvalue weighted by atomic mass is 32.2. The Morgan fingerprint density at radius 2 is 1.96 bits per heavy atom. The minimum atomic E-state index is -3.57. The lowest BCUT2D eigenvalue weighted by atomic mass is 10.1. The molecule has 2 heterocycles. The van der Waals surface area contributed by atoms with Gasteiger partial charge in [-0.25, -0.2) is 17.5 Å². The summed E-state index contributed by atoms with van der Waals surface area (Å²) in [6.07, 6.45) is 2.90. The third-order valence-electron chi connectivity index (χ3n) is 4.51. The zero-order valence-electron chi connectivity index (χ0n) is 14.2. The maximum absolute atomic E-state index is 13.7. The average molecular weight is 366 g/mol. The first-order chi connectivity index (χ1) is 12.0. The number of piperidine rings is 1. The number of nitrogens with zero attached hydrogens (tertiary/aromatic N) is 3. The fourth-order valence-corrected chi connectivity index (χ4v) is 4.63. The maximum atomic E-state index is 13.7. The van der Waals surface area contributed by atoms with Gasteiger partial charge in [-0.15, -0.1) is 0 Å². The van der Waals surface area contributed by atoms with Crippen LogP contribution in [0.1, 0.15) is 25.3 Å². The lowest BCUT2D eigenvalue weighted by Crippen LogP contribution is -2.44. The van der Waals surface area contributed by atoms with Gasteiger partial charge in [0.05, 0.1) is 6.20 Å². The number of hydrogen-bond donors (Lipinski definition) is 1. The molecule has 1 fully saturated rings. The lowest BCUT2D eigenvalue weighted by molar-refractivity contribution is 0.197. The number of rotatable bonds is 6. The van der Waals surface area contributed by atoms with E-state index in [4.69, 9.17) is 0 Å². The highest BCUT2D eigenvalue weighted by Crippen LogP contribution is 2.18. The van der Waals surface area contributed by atoms with Crippen LogP contribution in [0.4, 0.5) is 4.39 Å². The molecule has 0 unspecified atom stereocenters. The van der Waals surface area contributed by atoms with Crippen molar-refractivity contribution in [1.82, 2.24) is 19.4 Å².